The predicted octanol–water partition coefficient (Wildman–Crippen LogP) is 3.02. The lowest BCUT2D eigenvalue weighted by Gasteiger charge is -2.34. The molecule has 0 saturated carbocycles. The van der Waals surface area contributed by atoms with Crippen LogP contribution in [-0.4, -0.2) is 59.6 Å². The highest BCUT2D eigenvalue weighted by molar-refractivity contribution is 7.89. The molecule has 3 aromatic rings. The van der Waals surface area contributed by atoms with Crippen molar-refractivity contribution < 1.29 is 22.6 Å². The fourth-order valence-electron chi connectivity index (χ4n) is 3.72. The van der Waals surface area contributed by atoms with Crippen LogP contribution < -0.4 is 0 Å². The monoisotopic (exact) mass is 484 g/mol. The third-order valence-corrected chi connectivity index (χ3v) is 7.63. The minimum absolute atomic E-state index is 0.00819. The molecule has 0 unspecified atom stereocenters. The van der Waals surface area contributed by atoms with Crippen molar-refractivity contribution in [3.8, 4) is 11.3 Å². The van der Waals surface area contributed by atoms with Gasteiger partial charge in [0.25, 0.3) is 5.69 Å². The number of nitro benzene ring substituents is 1. The summed E-state index contributed by atoms with van der Waals surface area (Å²) in [5.74, 6) is 1.03. The van der Waals surface area contributed by atoms with E-state index in [4.69, 9.17) is 4.42 Å². The molecule has 10 nitrogen and oxygen atoms in total. The quantitative estimate of drug-likeness (QED) is 0.373. The average molecular weight is 485 g/mol. The van der Waals surface area contributed by atoms with Crippen LogP contribution in [0, 0.1) is 17.0 Å². The summed E-state index contributed by atoms with van der Waals surface area (Å²) in [4.78, 5) is 28.7. The minimum Gasteiger partial charge on any atom is -0.441 e. The normalized spacial score (nSPS) is 14.8. The number of hydrogen-bond acceptors (Lipinski definition) is 7. The van der Waals surface area contributed by atoms with Crippen molar-refractivity contribution in [2.24, 2.45) is 0 Å². The first-order valence-corrected chi connectivity index (χ1v) is 12.2. The van der Waals surface area contributed by atoms with Gasteiger partial charge in [-0.25, -0.2) is 13.4 Å². The number of nitrogens with zero attached hydrogens (tertiary/aromatic N) is 4. The van der Waals surface area contributed by atoms with Crippen LogP contribution in [0.5, 0.6) is 0 Å². The number of aryl methyl sites for hydroxylation is 2. The maximum Gasteiger partial charge on any atom is 0.269 e. The van der Waals surface area contributed by atoms with Gasteiger partial charge >= 0.3 is 0 Å². The van der Waals surface area contributed by atoms with Gasteiger partial charge in [-0.3, -0.25) is 14.9 Å². The zero-order valence-corrected chi connectivity index (χ0v) is 19.4. The van der Waals surface area contributed by atoms with Crippen molar-refractivity contribution in [2.45, 2.75) is 24.7 Å². The number of non-ortho nitro benzene ring substituents is 1. The molecule has 0 radical (unpaired) electrons. The topological polar surface area (TPSA) is 127 Å². The van der Waals surface area contributed by atoms with E-state index >= 15 is 0 Å². The SMILES string of the molecule is Cc1ccc(-c2cnc(CCC(=O)N3CCN(S(=O)(=O)c4ccc([N+](=O)[O-])cc4)CC3)o2)cc1. The van der Waals surface area contributed by atoms with E-state index in [1.165, 1.54) is 28.6 Å². The van der Waals surface area contributed by atoms with Crippen molar-refractivity contribution in [1.29, 1.82) is 0 Å². The Morgan fingerprint density at radius 1 is 1.06 bits per heavy atom. The van der Waals surface area contributed by atoms with Gasteiger partial charge in [0.15, 0.2) is 11.7 Å². The Labute approximate surface area is 197 Å². The summed E-state index contributed by atoms with van der Waals surface area (Å²) in [5, 5.41) is 10.8. The molecular formula is C23H24N4O6S. The van der Waals surface area contributed by atoms with Crippen LogP contribution >= 0.6 is 0 Å². The Bertz CT molecular complexity index is 1280. The van der Waals surface area contributed by atoms with E-state index in [1.54, 1.807) is 11.1 Å². The van der Waals surface area contributed by atoms with E-state index in [-0.39, 0.29) is 49.1 Å². The van der Waals surface area contributed by atoms with Gasteiger partial charge in [-0.2, -0.15) is 4.31 Å². The summed E-state index contributed by atoms with van der Waals surface area (Å²) < 4.78 is 32.7. The van der Waals surface area contributed by atoms with Crippen molar-refractivity contribution in [1.82, 2.24) is 14.2 Å². The minimum atomic E-state index is -3.79. The molecule has 2 aromatic carbocycles. The van der Waals surface area contributed by atoms with E-state index < -0.39 is 14.9 Å². The van der Waals surface area contributed by atoms with Crippen LogP contribution in [-0.2, 0) is 21.2 Å². The number of hydrogen-bond donors (Lipinski definition) is 0. The number of aromatic nitrogens is 1. The smallest absolute Gasteiger partial charge is 0.269 e. The molecule has 1 aromatic heterocycles. The number of carbonyl (C=O) groups excluding carboxylic acids is 1. The summed E-state index contributed by atoms with van der Waals surface area (Å²) in [6, 6.07) is 12.7. The molecule has 0 atom stereocenters. The molecule has 0 spiro atoms. The molecule has 2 heterocycles. The largest absolute Gasteiger partial charge is 0.441 e. The molecule has 1 saturated heterocycles. The highest BCUT2D eigenvalue weighted by Crippen LogP contribution is 2.23. The third kappa shape index (κ3) is 5.15. The van der Waals surface area contributed by atoms with Crippen LogP contribution in [0.2, 0.25) is 0 Å². The maximum atomic E-state index is 12.8. The lowest BCUT2D eigenvalue weighted by atomic mass is 10.1. The fourth-order valence-corrected chi connectivity index (χ4v) is 5.14. The Morgan fingerprint density at radius 3 is 2.32 bits per heavy atom. The Balaban J connectivity index is 1.30. The van der Waals surface area contributed by atoms with Crippen LogP contribution in [0.1, 0.15) is 17.9 Å². The van der Waals surface area contributed by atoms with E-state index in [0.717, 1.165) is 11.1 Å². The first-order valence-electron chi connectivity index (χ1n) is 10.8. The molecule has 0 N–H and O–H groups in total. The first-order chi connectivity index (χ1) is 16.2. The molecular weight excluding hydrogens is 460 g/mol. The molecule has 178 valence electrons. The van der Waals surface area contributed by atoms with Gasteiger partial charge in [0, 0.05) is 56.7 Å². The van der Waals surface area contributed by atoms with Gasteiger partial charge in [0.2, 0.25) is 15.9 Å². The van der Waals surface area contributed by atoms with Gasteiger partial charge in [-0.15, -0.1) is 0 Å². The molecule has 1 aliphatic rings. The van der Waals surface area contributed by atoms with Gasteiger partial charge in [0.05, 0.1) is 16.0 Å². The first kappa shape index (κ1) is 23.6. The second kappa shape index (κ2) is 9.74. The highest BCUT2D eigenvalue weighted by Gasteiger charge is 2.30. The number of carbonyl (C=O) groups is 1. The maximum absolute atomic E-state index is 12.8. The van der Waals surface area contributed by atoms with E-state index in [9.17, 15) is 23.3 Å². The van der Waals surface area contributed by atoms with Crippen LogP contribution in [0.4, 0.5) is 5.69 Å². The van der Waals surface area contributed by atoms with Gasteiger partial charge in [-0.1, -0.05) is 29.8 Å². The summed E-state index contributed by atoms with van der Waals surface area (Å²) in [7, 11) is -3.79. The number of piperazine rings is 1. The van der Waals surface area contributed by atoms with Gasteiger partial charge in [0.1, 0.15) is 0 Å². The Hall–Kier alpha value is -3.57. The number of sulfonamides is 1. The Morgan fingerprint density at radius 2 is 1.71 bits per heavy atom. The van der Waals surface area contributed by atoms with Crippen LogP contribution in [0.15, 0.2) is 64.0 Å². The van der Waals surface area contributed by atoms with E-state index in [1.807, 2.05) is 31.2 Å². The molecule has 4 rings (SSSR count). The van der Waals surface area contributed by atoms with Crippen LogP contribution in [0.3, 0.4) is 0 Å². The summed E-state index contributed by atoms with van der Waals surface area (Å²) in [6.45, 7) is 2.85. The number of oxazole rings is 1. The van der Waals surface area contributed by atoms with Crippen molar-refractivity contribution in [2.75, 3.05) is 26.2 Å². The summed E-state index contributed by atoms with van der Waals surface area (Å²) in [5.41, 5.74) is 1.89. The van der Waals surface area contributed by atoms with Crippen molar-refractivity contribution in [3.63, 3.8) is 0 Å². The zero-order valence-electron chi connectivity index (χ0n) is 18.6. The molecule has 11 heteroatoms. The average Bonchev–Trinajstić information content (AvgIpc) is 3.32. The fraction of sp³-hybridized carbons (Fsp3) is 0.304. The second-order valence-electron chi connectivity index (χ2n) is 8.02. The van der Waals surface area contributed by atoms with Gasteiger partial charge < -0.3 is 9.32 Å². The molecule has 0 aliphatic carbocycles. The Kier molecular flexibility index (Phi) is 6.75. The standard InChI is InChI=1S/C23H24N4O6S/c1-17-2-4-18(5-3-17)21-16-24-22(33-21)10-11-23(28)25-12-14-26(15-13-25)34(31,32)20-8-6-19(7-9-20)27(29)30/h2-9,16H,10-15H2,1H3. The molecule has 1 aliphatic heterocycles. The second-order valence-corrected chi connectivity index (χ2v) is 9.96. The lowest BCUT2D eigenvalue weighted by molar-refractivity contribution is -0.384. The summed E-state index contributed by atoms with van der Waals surface area (Å²) in [6.07, 6.45) is 2.21. The number of nitro groups is 1. The lowest BCUT2D eigenvalue weighted by Crippen LogP contribution is -2.50. The number of amides is 1. The zero-order chi connectivity index (χ0) is 24.3. The van der Waals surface area contributed by atoms with Crippen molar-refractivity contribution in [3.05, 3.63) is 76.3 Å². The van der Waals surface area contributed by atoms with Crippen molar-refractivity contribution >= 4 is 21.6 Å². The third-order valence-electron chi connectivity index (χ3n) is 5.72. The van der Waals surface area contributed by atoms with Gasteiger partial charge in [-0.05, 0) is 19.1 Å². The molecule has 1 amide bonds. The predicted molar refractivity (Wildman–Crippen MR) is 123 cm³/mol. The number of rotatable bonds is 7. The molecule has 34 heavy (non-hydrogen) atoms. The molecule has 0 bridgehead atoms. The van der Waals surface area contributed by atoms with Crippen LogP contribution in [0.25, 0.3) is 11.3 Å². The molecule has 1 fully saturated rings. The highest BCUT2D eigenvalue weighted by atomic mass is 32.2. The number of benzene rings is 2. The summed E-state index contributed by atoms with van der Waals surface area (Å²) >= 11 is 0. The van der Waals surface area contributed by atoms with E-state index in [2.05, 4.69) is 4.98 Å². The van der Waals surface area contributed by atoms with E-state index in [0.29, 0.717) is 18.1 Å².